The van der Waals surface area contributed by atoms with E-state index in [9.17, 15) is 4.39 Å². The molecule has 6 aromatic carbocycles. The van der Waals surface area contributed by atoms with E-state index < -0.39 is 5.82 Å². The summed E-state index contributed by atoms with van der Waals surface area (Å²) in [6.07, 6.45) is 23.1. The van der Waals surface area contributed by atoms with Crippen LogP contribution in [0.25, 0.3) is 68.5 Å². The van der Waals surface area contributed by atoms with E-state index in [2.05, 4.69) is 199 Å². The molecule has 149 heavy (non-hydrogen) atoms. The maximum atomic E-state index is 13.8. The van der Waals surface area contributed by atoms with E-state index in [0.29, 0.717) is 124 Å². The van der Waals surface area contributed by atoms with Crippen molar-refractivity contribution in [2.45, 2.75) is 137 Å². The Kier molecular flexibility index (Phi) is 37.7. The first-order valence-electron chi connectivity index (χ1n) is 49.4. The molecule has 38 nitrogen and oxygen atoms in total. The third-order valence-electron chi connectivity index (χ3n) is 22.4. The highest BCUT2D eigenvalue weighted by atomic mass is 19.1. The van der Waals surface area contributed by atoms with E-state index in [1.54, 1.807) is 49.4 Å². The number of hydrogen-bond acceptors (Lipinski definition) is 38. The Hall–Kier alpha value is -18.6. The minimum atomic E-state index is -0.474. The van der Waals surface area contributed by atoms with Crippen LogP contribution in [-0.2, 0) is 0 Å². The molecule has 2 saturated carbocycles. The Morgan fingerprint density at radius 2 is 0.678 bits per heavy atom. The summed E-state index contributed by atoms with van der Waals surface area (Å²) in [6, 6.07) is 82.3. The highest BCUT2D eigenvalue weighted by molar-refractivity contribution is 5.69. The Morgan fingerprint density at radius 1 is 0.329 bits per heavy atom. The molecule has 2 aliphatic rings. The Bertz CT molecular complexity index is 7160. The van der Waals surface area contributed by atoms with Crippen molar-refractivity contribution in [2.24, 2.45) is 11.8 Å². The molecule has 0 radical (unpaired) electrons. The summed E-state index contributed by atoms with van der Waals surface area (Å²) in [4.78, 5) is 107. The molecule has 12 heterocycles. The summed E-state index contributed by atoms with van der Waals surface area (Å²) in [5.41, 5.74) is 15.7. The quantitative estimate of drug-likeness (QED) is 0.0178. The summed E-state index contributed by atoms with van der Waals surface area (Å²) in [7, 11) is 3.90. The highest BCUT2D eigenvalue weighted by Gasteiger charge is 2.40. The van der Waals surface area contributed by atoms with Gasteiger partial charge >= 0.3 is 0 Å². The van der Waals surface area contributed by atoms with Gasteiger partial charge in [0.2, 0.25) is 71.4 Å². The van der Waals surface area contributed by atoms with Crippen molar-refractivity contribution in [2.75, 3.05) is 95.1 Å². The zero-order valence-corrected chi connectivity index (χ0v) is 84.8. The van der Waals surface area contributed by atoms with Crippen molar-refractivity contribution < 1.29 is 4.39 Å². The van der Waals surface area contributed by atoms with Gasteiger partial charge < -0.3 is 74.4 Å². The van der Waals surface area contributed by atoms with Crippen molar-refractivity contribution in [3.05, 3.63) is 316 Å². The molecule has 0 saturated heterocycles. The maximum Gasteiger partial charge on any atom is 0.232 e. The molecular formula is C110H121FN38. The molecule has 0 amide bonds. The fraction of sp³-hybridized carbons (Fsp3) is 0.236. The molecule has 758 valence electrons. The Balaban J connectivity index is 0.000000134. The molecule has 14 N–H and O–H groups in total. The number of nitrogens with one attached hydrogen (secondary N) is 12. The Labute approximate surface area is 865 Å². The van der Waals surface area contributed by atoms with Gasteiger partial charge in [0.15, 0.2) is 40.8 Å². The van der Waals surface area contributed by atoms with Gasteiger partial charge in [0.25, 0.3) is 0 Å². The second-order valence-electron chi connectivity index (χ2n) is 35.5. The predicted molar refractivity (Wildman–Crippen MR) is 591 cm³/mol. The first-order chi connectivity index (χ1) is 72.7. The standard InChI is InChI=1S/C21H22N6.C19H23N7.C19H22N6.C17H17FN6.C17H19N7.C17H18N6/c1-2-4-15(5-3-1)19-25-20(23-17-8-10-22-11-9-17)27-21(26-19)24-18-13-14-6-7-16(18)12-14;1-13(2)21-18-23-17(14-8-6-5-7-9-14)24-19(25-18)22-15-10-11-20-16(12-15)26(3)4;1-3-15(4-2)21-18-23-17(14-8-6-5-7-9-14)24-19(25-18)22-16-10-12-20-13-11-16;1-11(2)20-16-22-15(12-6-4-3-5-7-12)23-17(24-16)21-14-8-9-19-10-13(14)18;1-11(2)19-16-22-15(13-9-6-10-14(18)21-13)23-17(24-16)20-12-7-4-3-5-8-12;1-2-10-19-16-21-15(13-6-4-3-5-7-13)22-17(23-16)20-14-8-11-18-12-9-14/h1-5,8-11,14,16,18H,6-7,12-13H2,(H2,22,23,24,25,26,27);5-13H,1-4H3,(H2,20,21,22,23,24,25);5-13,15H,3-4H2,1-2H3,(H2,20,21,22,23,24,25);3-11H,1-2H3,(H2,19,20,21,22,23,24);3-11H,1-2H3,(H2,18,21)(H2,19,20,22,23,24);3-9,11-12H,2,10H2,1H3,(H2,18,19,20,21,22,23). The van der Waals surface area contributed by atoms with Gasteiger partial charge in [-0.15, -0.1) is 0 Å². The third-order valence-corrected chi connectivity index (χ3v) is 22.4. The largest absolute Gasteiger partial charge is 0.384 e. The number of nitrogens with zero attached hydrogens (tertiary/aromatic N) is 25. The average Bonchev–Trinajstić information content (AvgIpc) is 1.56. The van der Waals surface area contributed by atoms with Crippen molar-refractivity contribution in [3.8, 4) is 68.5 Å². The minimum absolute atomic E-state index is 0.154. The Morgan fingerprint density at radius 3 is 1.06 bits per heavy atom. The van der Waals surface area contributed by atoms with Crippen LogP contribution < -0.4 is 74.4 Å². The van der Waals surface area contributed by atoms with Crippen LogP contribution in [0.2, 0.25) is 0 Å². The number of hydrogen-bond donors (Lipinski definition) is 13. The fourth-order valence-electron chi connectivity index (χ4n) is 15.3. The van der Waals surface area contributed by atoms with E-state index >= 15 is 0 Å². The number of nitrogens with two attached hydrogens (primary N) is 1. The van der Waals surface area contributed by atoms with Crippen LogP contribution in [0.3, 0.4) is 0 Å². The molecule has 39 heteroatoms. The van der Waals surface area contributed by atoms with E-state index in [0.717, 1.165) is 106 Å². The predicted octanol–water partition coefficient (Wildman–Crippen LogP) is 22.3. The van der Waals surface area contributed by atoms with Crippen molar-refractivity contribution in [1.82, 2.24) is 120 Å². The lowest BCUT2D eigenvalue weighted by Gasteiger charge is -2.23. The molecule has 12 aromatic heterocycles. The van der Waals surface area contributed by atoms with Gasteiger partial charge in [-0.05, 0) is 165 Å². The zero-order valence-electron chi connectivity index (χ0n) is 84.8. The van der Waals surface area contributed by atoms with Crippen LogP contribution in [0, 0.1) is 17.7 Å². The van der Waals surface area contributed by atoms with Crippen molar-refractivity contribution >= 4 is 117 Å². The lowest BCUT2D eigenvalue weighted by molar-refractivity contribution is 0.438. The van der Waals surface area contributed by atoms with Crippen LogP contribution in [0.4, 0.5) is 122 Å². The van der Waals surface area contributed by atoms with Gasteiger partial charge in [-0.2, -0.15) is 89.7 Å². The summed E-state index contributed by atoms with van der Waals surface area (Å²) >= 11 is 0. The molecule has 20 rings (SSSR count). The molecule has 3 atom stereocenters. The van der Waals surface area contributed by atoms with E-state index in [1.807, 2.05) is 303 Å². The first kappa shape index (κ1) is 105. The van der Waals surface area contributed by atoms with Crippen molar-refractivity contribution in [1.29, 1.82) is 0 Å². The number of nitrogen functional groups attached to an aromatic ring is 1. The number of fused-ring (bicyclic) bond motifs is 2. The molecular weight excluding hydrogens is 1870 g/mol. The summed E-state index contributed by atoms with van der Waals surface area (Å²) in [5, 5.41) is 38.8. The normalized spacial score (nSPS) is 12.9. The van der Waals surface area contributed by atoms with Gasteiger partial charge in [-0.25, -0.2) is 14.4 Å². The highest BCUT2D eigenvalue weighted by Crippen LogP contribution is 2.46. The molecule has 2 fully saturated rings. The van der Waals surface area contributed by atoms with Crippen LogP contribution in [-0.4, -0.2) is 170 Å². The third kappa shape index (κ3) is 32.7. The summed E-state index contributed by atoms with van der Waals surface area (Å²) < 4.78 is 13.8. The monoisotopic (exact) mass is 1990 g/mol. The number of halogens is 1. The molecule has 0 spiro atoms. The van der Waals surface area contributed by atoms with E-state index in [-0.39, 0.29) is 29.8 Å². The second-order valence-corrected chi connectivity index (χ2v) is 35.5. The number of rotatable bonds is 34. The minimum Gasteiger partial charge on any atom is -0.384 e. The number of pyridine rings is 6. The number of benzene rings is 6. The number of aromatic nitrogens is 24. The zero-order chi connectivity index (χ0) is 104. The van der Waals surface area contributed by atoms with Crippen LogP contribution in [0.1, 0.15) is 107 Å². The molecule has 2 aliphatic carbocycles. The number of anilines is 20. The van der Waals surface area contributed by atoms with Gasteiger partial charge in [0.1, 0.15) is 17.3 Å². The molecule has 2 bridgehead atoms. The number of para-hydroxylation sites is 1. The smallest absolute Gasteiger partial charge is 0.232 e. The van der Waals surface area contributed by atoms with Crippen molar-refractivity contribution in [3.63, 3.8) is 0 Å². The van der Waals surface area contributed by atoms with Crippen LogP contribution >= 0.6 is 0 Å². The van der Waals surface area contributed by atoms with Gasteiger partial charge in [0, 0.05) is 163 Å². The first-order valence-corrected chi connectivity index (χ1v) is 49.4. The summed E-state index contributed by atoms with van der Waals surface area (Å²) in [6.45, 7) is 19.3. The lowest BCUT2D eigenvalue weighted by atomic mass is 9.95. The SMILES string of the molecule is CC(C)Nc1nc(Nc2ccccc2)nc(-c2cccc(N)n2)n1.CC(C)Nc1nc(Nc2ccnc(N(C)C)c2)nc(-c2ccccc2)n1.CC(C)Nc1nc(Nc2ccncc2F)nc(-c2ccccc2)n1.CCC(CC)Nc1nc(Nc2ccncc2)nc(-c2ccccc2)n1.CCCNc1nc(Nc2ccncc2)nc(-c2ccccc2)n1.c1ccc(-c2nc(Nc3ccncc3)nc(NC3CC4CCC3C4)n2)cc1. The van der Waals surface area contributed by atoms with E-state index in [1.165, 1.54) is 37.9 Å². The lowest BCUT2D eigenvalue weighted by Crippen LogP contribution is -2.27. The average molecular weight is 1990 g/mol. The van der Waals surface area contributed by atoms with Crippen LogP contribution in [0.5, 0.6) is 0 Å². The second kappa shape index (κ2) is 53.7. The van der Waals surface area contributed by atoms with Gasteiger partial charge in [-0.3, -0.25) is 19.9 Å². The van der Waals surface area contributed by atoms with Crippen LogP contribution in [0.15, 0.2) is 311 Å². The van der Waals surface area contributed by atoms with E-state index in [4.69, 9.17) is 10.7 Å². The topological polar surface area (TPSA) is 483 Å². The fourth-order valence-corrected chi connectivity index (χ4v) is 15.3. The molecule has 0 aliphatic heterocycles. The van der Waals surface area contributed by atoms with Gasteiger partial charge in [-0.1, -0.05) is 203 Å². The molecule has 3 unspecified atom stereocenters. The van der Waals surface area contributed by atoms with Gasteiger partial charge in [0.05, 0.1) is 11.9 Å². The molecule has 18 aromatic rings. The maximum absolute atomic E-state index is 13.8. The summed E-state index contributed by atoms with van der Waals surface area (Å²) in [5.74, 6) is 11.9.